The normalized spacial score (nSPS) is 18.3. The molecule has 1 unspecified atom stereocenters. The first-order valence-corrected chi connectivity index (χ1v) is 8.67. The fourth-order valence-electron chi connectivity index (χ4n) is 2.17. The number of rotatable bonds is 3. The molecule has 1 fully saturated rings. The molecule has 5 nitrogen and oxygen atoms in total. The van der Waals surface area contributed by atoms with E-state index in [1.54, 1.807) is 16.2 Å². The Morgan fingerprint density at radius 1 is 1.52 bits per heavy atom. The number of thiazole rings is 1. The molecule has 2 aromatic heterocycles. The van der Waals surface area contributed by atoms with E-state index in [0.29, 0.717) is 11.7 Å². The SMILES string of the molecule is COC(=O)C1CC(=O)N(c2nc(-c3ccc(Br)s3)cs2)C1. The second-order valence-electron chi connectivity index (χ2n) is 4.55. The maximum atomic E-state index is 12.0. The van der Waals surface area contributed by atoms with E-state index in [1.165, 1.54) is 18.4 Å². The molecule has 2 aromatic rings. The van der Waals surface area contributed by atoms with Gasteiger partial charge in [0.2, 0.25) is 5.91 Å². The van der Waals surface area contributed by atoms with Gasteiger partial charge in [0.05, 0.1) is 27.4 Å². The molecule has 3 rings (SSSR count). The highest BCUT2D eigenvalue weighted by atomic mass is 79.9. The van der Waals surface area contributed by atoms with E-state index in [0.717, 1.165) is 14.4 Å². The fourth-order valence-corrected chi connectivity index (χ4v) is 4.44. The molecule has 3 heterocycles. The molecule has 0 bridgehead atoms. The summed E-state index contributed by atoms with van der Waals surface area (Å²) in [7, 11) is 1.34. The van der Waals surface area contributed by atoms with Gasteiger partial charge in [-0.2, -0.15) is 0 Å². The number of hydrogen-bond donors (Lipinski definition) is 0. The van der Waals surface area contributed by atoms with Gasteiger partial charge < -0.3 is 4.74 Å². The van der Waals surface area contributed by atoms with Crippen molar-refractivity contribution in [3.05, 3.63) is 21.3 Å². The number of thiophene rings is 1. The molecule has 1 aliphatic heterocycles. The van der Waals surface area contributed by atoms with Gasteiger partial charge in [0.1, 0.15) is 0 Å². The average Bonchev–Trinajstić information content (AvgIpc) is 3.16. The van der Waals surface area contributed by atoms with E-state index in [9.17, 15) is 9.59 Å². The highest BCUT2D eigenvalue weighted by molar-refractivity contribution is 9.11. The first kappa shape index (κ1) is 14.7. The lowest BCUT2D eigenvalue weighted by atomic mass is 10.1. The lowest BCUT2D eigenvalue weighted by Gasteiger charge is -2.11. The molecule has 21 heavy (non-hydrogen) atoms. The minimum Gasteiger partial charge on any atom is -0.469 e. The molecule has 0 saturated carbocycles. The second-order valence-corrected chi connectivity index (χ2v) is 7.85. The van der Waals surface area contributed by atoms with Gasteiger partial charge in [-0.05, 0) is 28.1 Å². The summed E-state index contributed by atoms with van der Waals surface area (Å²) in [6, 6.07) is 3.95. The molecule has 0 radical (unpaired) electrons. The predicted octanol–water partition coefficient (Wildman–Crippen LogP) is 3.16. The molecule has 1 atom stereocenters. The van der Waals surface area contributed by atoms with Crippen molar-refractivity contribution in [3.8, 4) is 10.6 Å². The van der Waals surface area contributed by atoms with Gasteiger partial charge in [0, 0.05) is 18.3 Å². The molecular formula is C13H11BrN2O3S2. The van der Waals surface area contributed by atoms with Crippen LogP contribution in [0.15, 0.2) is 21.3 Å². The van der Waals surface area contributed by atoms with Crippen LogP contribution in [-0.4, -0.2) is 30.5 Å². The van der Waals surface area contributed by atoms with Gasteiger partial charge >= 0.3 is 5.97 Å². The van der Waals surface area contributed by atoms with E-state index in [2.05, 4.69) is 20.9 Å². The summed E-state index contributed by atoms with van der Waals surface area (Å²) in [5.41, 5.74) is 0.847. The number of amides is 1. The number of halogens is 1. The Morgan fingerprint density at radius 3 is 3.00 bits per heavy atom. The Balaban J connectivity index is 1.80. The van der Waals surface area contributed by atoms with Gasteiger partial charge in [-0.15, -0.1) is 22.7 Å². The zero-order chi connectivity index (χ0) is 15.0. The van der Waals surface area contributed by atoms with Gasteiger partial charge in [-0.25, -0.2) is 4.98 Å². The average molecular weight is 387 g/mol. The summed E-state index contributed by atoms with van der Waals surface area (Å²) in [5.74, 6) is -0.825. The van der Waals surface area contributed by atoms with Crippen molar-refractivity contribution >= 4 is 55.6 Å². The number of aromatic nitrogens is 1. The smallest absolute Gasteiger partial charge is 0.311 e. The largest absolute Gasteiger partial charge is 0.469 e. The van der Waals surface area contributed by atoms with Crippen molar-refractivity contribution in [1.82, 2.24) is 4.98 Å². The number of carbonyl (C=O) groups excluding carboxylic acids is 2. The van der Waals surface area contributed by atoms with Crippen molar-refractivity contribution in [2.45, 2.75) is 6.42 Å². The van der Waals surface area contributed by atoms with Gasteiger partial charge in [0.25, 0.3) is 0 Å². The summed E-state index contributed by atoms with van der Waals surface area (Å²) in [4.78, 5) is 30.7. The van der Waals surface area contributed by atoms with Crippen molar-refractivity contribution in [2.24, 2.45) is 5.92 Å². The molecule has 0 N–H and O–H groups in total. The summed E-state index contributed by atoms with van der Waals surface area (Å²) in [5, 5.41) is 2.55. The van der Waals surface area contributed by atoms with E-state index >= 15 is 0 Å². The van der Waals surface area contributed by atoms with Crippen LogP contribution < -0.4 is 4.90 Å². The molecule has 1 aliphatic rings. The van der Waals surface area contributed by atoms with Crippen molar-refractivity contribution in [1.29, 1.82) is 0 Å². The number of carbonyl (C=O) groups is 2. The third kappa shape index (κ3) is 2.88. The lowest BCUT2D eigenvalue weighted by molar-refractivity contribution is -0.145. The molecule has 0 aromatic carbocycles. The summed E-state index contributed by atoms with van der Waals surface area (Å²) >= 11 is 6.42. The molecular weight excluding hydrogens is 376 g/mol. The zero-order valence-corrected chi connectivity index (χ0v) is 14.3. The Kier molecular flexibility index (Phi) is 4.10. The van der Waals surface area contributed by atoms with Crippen molar-refractivity contribution in [3.63, 3.8) is 0 Å². The number of anilines is 1. The zero-order valence-electron chi connectivity index (χ0n) is 11.0. The number of nitrogens with zero attached hydrogens (tertiary/aromatic N) is 2. The highest BCUT2D eigenvalue weighted by Gasteiger charge is 2.37. The maximum Gasteiger partial charge on any atom is 0.311 e. The number of ether oxygens (including phenoxy) is 1. The minimum absolute atomic E-state index is 0.0846. The van der Waals surface area contributed by atoms with Crippen LogP contribution in [0, 0.1) is 5.92 Å². The van der Waals surface area contributed by atoms with E-state index in [-0.39, 0.29) is 18.3 Å². The van der Waals surface area contributed by atoms with Gasteiger partial charge in [-0.1, -0.05) is 0 Å². The monoisotopic (exact) mass is 386 g/mol. The number of esters is 1. The molecule has 110 valence electrons. The standard InChI is InChI=1S/C13H11BrN2O3S2/c1-19-12(18)7-4-11(17)16(5-7)13-15-8(6-20-13)9-2-3-10(14)21-9/h2-3,6-7H,4-5H2,1H3. The van der Waals surface area contributed by atoms with Crippen LogP contribution in [0.3, 0.4) is 0 Å². The van der Waals surface area contributed by atoms with Crippen LogP contribution in [-0.2, 0) is 14.3 Å². The van der Waals surface area contributed by atoms with Crippen molar-refractivity contribution < 1.29 is 14.3 Å². The minimum atomic E-state index is -0.397. The molecule has 1 amide bonds. The molecule has 0 spiro atoms. The third-order valence-electron chi connectivity index (χ3n) is 3.21. The van der Waals surface area contributed by atoms with E-state index < -0.39 is 5.92 Å². The summed E-state index contributed by atoms with van der Waals surface area (Å²) in [6.07, 6.45) is 0.187. The molecule has 8 heteroatoms. The fraction of sp³-hybridized carbons (Fsp3) is 0.308. The predicted molar refractivity (Wildman–Crippen MR) is 85.6 cm³/mol. The Bertz CT molecular complexity index is 697. The van der Waals surface area contributed by atoms with Crippen LogP contribution in [0.4, 0.5) is 5.13 Å². The molecule has 1 saturated heterocycles. The summed E-state index contributed by atoms with van der Waals surface area (Å²) in [6.45, 7) is 0.340. The maximum absolute atomic E-state index is 12.0. The first-order valence-electron chi connectivity index (χ1n) is 6.18. The number of hydrogen-bond acceptors (Lipinski definition) is 6. The van der Waals surface area contributed by atoms with Crippen LogP contribution in [0.25, 0.3) is 10.6 Å². The quantitative estimate of drug-likeness (QED) is 0.760. The van der Waals surface area contributed by atoms with Crippen molar-refractivity contribution in [2.75, 3.05) is 18.6 Å². The van der Waals surface area contributed by atoms with Crippen LogP contribution in [0.2, 0.25) is 0 Å². The number of methoxy groups -OCH3 is 1. The molecule has 0 aliphatic carbocycles. The topological polar surface area (TPSA) is 59.5 Å². The third-order valence-corrected chi connectivity index (χ3v) is 5.72. The van der Waals surface area contributed by atoms with E-state index in [1.807, 2.05) is 17.5 Å². The lowest BCUT2D eigenvalue weighted by Crippen LogP contribution is -2.26. The van der Waals surface area contributed by atoms with Crippen LogP contribution >= 0.6 is 38.6 Å². The first-order chi connectivity index (χ1) is 10.1. The van der Waals surface area contributed by atoms with Gasteiger partial charge in [0.15, 0.2) is 5.13 Å². The van der Waals surface area contributed by atoms with Gasteiger partial charge in [-0.3, -0.25) is 14.5 Å². The van der Waals surface area contributed by atoms with Crippen LogP contribution in [0.1, 0.15) is 6.42 Å². The Labute approximate surface area is 137 Å². The summed E-state index contributed by atoms with van der Waals surface area (Å²) < 4.78 is 5.74. The second kappa shape index (κ2) is 5.86. The highest BCUT2D eigenvalue weighted by Crippen LogP contribution is 2.35. The van der Waals surface area contributed by atoms with E-state index in [4.69, 9.17) is 4.74 Å². The Hall–Kier alpha value is -1.25. The Morgan fingerprint density at radius 2 is 2.33 bits per heavy atom. The van der Waals surface area contributed by atoms with Crippen LogP contribution in [0.5, 0.6) is 0 Å².